The van der Waals surface area contributed by atoms with Gasteiger partial charge in [-0.3, -0.25) is 4.79 Å². The lowest BCUT2D eigenvalue weighted by Crippen LogP contribution is -2.21. The molecule has 7 heteroatoms. The second-order valence-electron chi connectivity index (χ2n) is 4.15. The van der Waals surface area contributed by atoms with Crippen molar-refractivity contribution in [1.29, 1.82) is 0 Å². The Kier molecular flexibility index (Phi) is 4.11. The zero-order valence-electron chi connectivity index (χ0n) is 9.99. The number of ether oxygens (including phenoxy) is 2. The molecule has 1 aromatic rings. The van der Waals surface area contributed by atoms with Crippen LogP contribution in [0.2, 0.25) is 5.02 Å². The van der Waals surface area contributed by atoms with Gasteiger partial charge in [0.15, 0.2) is 17.3 Å². The SMILES string of the molecule is NC(CCC(=O)O)c1c(F)c(Cl)cc2c1OCCO2. The van der Waals surface area contributed by atoms with E-state index in [-0.39, 0.29) is 35.8 Å². The molecule has 0 aromatic heterocycles. The van der Waals surface area contributed by atoms with Gasteiger partial charge in [-0.25, -0.2) is 4.39 Å². The number of rotatable bonds is 4. The molecular weight excluding hydrogens is 277 g/mol. The van der Waals surface area contributed by atoms with Crippen molar-refractivity contribution in [3.05, 3.63) is 22.5 Å². The van der Waals surface area contributed by atoms with Crippen molar-refractivity contribution < 1.29 is 23.8 Å². The number of nitrogens with two attached hydrogens (primary N) is 1. The number of hydrogen-bond acceptors (Lipinski definition) is 4. The molecule has 0 radical (unpaired) electrons. The van der Waals surface area contributed by atoms with Crippen molar-refractivity contribution in [2.24, 2.45) is 5.73 Å². The highest BCUT2D eigenvalue weighted by Crippen LogP contribution is 2.42. The second kappa shape index (κ2) is 5.63. The number of carboxylic acids is 1. The van der Waals surface area contributed by atoms with Gasteiger partial charge in [0.25, 0.3) is 0 Å². The molecule has 0 saturated carbocycles. The van der Waals surface area contributed by atoms with Crippen LogP contribution in [0.15, 0.2) is 6.07 Å². The molecule has 1 atom stereocenters. The molecule has 0 amide bonds. The van der Waals surface area contributed by atoms with E-state index in [0.717, 1.165) is 0 Å². The number of hydrogen-bond donors (Lipinski definition) is 2. The van der Waals surface area contributed by atoms with E-state index in [2.05, 4.69) is 0 Å². The molecule has 0 aliphatic carbocycles. The van der Waals surface area contributed by atoms with Crippen LogP contribution in [-0.4, -0.2) is 24.3 Å². The molecule has 1 aliphatic heterocycles. The highest BCUT2D eigenvalue weighted by Gasteiger charge is 2.26. The first-order chi connectivity index (χ1) is 9.00. The van der Waals surface area contributed by atoms with E-state index in [1.165, 1.54) is 6.07 Å². The first-order valence-electron chi connectivity index (χ1n) is 5.75. The zero-order valence-corrected chi connectivity index (χ0v) is 10.7. The smallest absolute Gasteiger partial charge is 0.303 e. The average Bonchev–Trinajstić information content (AvgIpc) is 2.37. The fourth-order valence-electron chi connectivity index (χ4n) is 1.91. The number of aliphatic carboxylic acids is 1. The quantitative estimate of drug-likeness (QED) is 0.887. The van der Waals surface area contributed by atoms with Crippen molar-refractivity contribution in [1.82, 2.24) is 0 Å². The fourth-order valence-corrected chi connectivity index (χ4v) is 2.11. The minimum Gasteiger partial charge on any atom is -0.486 e. The van der Waals surface area contributed by atoms with Crippen molar-refractivity contribution in [2.45, 2.75) is 18.9 Å². The van der Waals surface area contributed by atoms with E-state index in [1.807, 2.05) is 0 Å². The van der Waals surface area contributed by atoms with Crippen LogP contribution in [0.1, 0.15) is 24.4 Å². The van der Waals surface area contributed by atoms with Gasteiger partial charge in [0.1, 0.15) is 13.2 Å². The van der Waals surface area contributed by atoms with Crippen molar-refractivity contribution in [2.75, 3.05) is 13.2 Å². The Labute approximate surface area is 114 Å². The van der Waals surface area contributed by atoms with E-state index in [4.69, 9.17) is 31.9 Å². The molecule has 1 aliphatic rings. The van der Waals surface area contributed by atoms with Gasteiger partial charge in [0.2, 0.25) is 0 Å². The summed E-state index contributed by atoms with van der Waals surface area (Å²) < 4.78 is 24.8. The van der Waals surface area contributed by atoms with Gasteiger partial charge in [-0.05, 0) is 6.42 Å². The van der Waals surface area contributed by atoms with Crippen molar-refractivity contribution >= 4 is 17.6 Å². The van der Waals surface area contributed by atoms with E-state index in [1.54, 1.807) is 0 Å². The highest BCUT2D eigenvalue weighted by molar-refractivity contribution is 6.31. The van der Waals surface area contributed by atoms with Gasteiger partial charge in [-0.1, -0.05) is 11.6 Å². The predicted molar refractivity (Wildman–Crippen MR) is 66.2 cm³/mol. The summed E-state index contributed by atoms with van der Waals surface area (Å²) >= 11 is 5.78. The van der Waals surface area contributed by atoms with Gasteiger partial charge in [0, 0.05) is 18.5 Å². The van der Waals surface area contributed by atoms with Crippen molar-refractivity contribution in [3.8, 4) is 11.5 Å². The zero-order chi connectivity index (χ0) is 14.0. The lowest BCUT2D eigenvalue weighted by Gasteiger charge is -2.24. The number of fused-ring (bicyclic) bond motifs is 1. The maximum Gasteiger partial charge on any atom is 0.303 e. The minimum absolute atomic E-state index is 0.0726. The van der Waals surface area contributed by atoms with Crippen LogP contribution >= 0.6 is 11.6 Å². The molecule has 104 valence electrons. The molecule has 3 N–H and O–H groups in total. The van der Waals surface area contributed by atoms with Crippen molar-refractivity contribution in [3.63, 3.8) is 0 Å². The van der Waals surface area contributed by atoms with Crippen LogP contribution in [0.4, 0.5) is 4.39 Å². The third-order valence-electron chi connectivity index (χ3n) is 2.80. The lowest BCUT2D eigenvalue weighted by atomic mass is 10.0. The van der Waals surface area contributed by atoms with Crippen LogP contribution in [-0.2, 0) is 4.79 Å². The molecule has 0 bridgehead atoms. The van der Waals surface area contributed by atoms with Crippen LogP contribution in [0.25, 0.3) is 0 Å². The molecule has 19 heavy (non-hydrogen) atoms. The van der Waals surface area contributed by atoms with Gasteiger partial charge in [0.05, 0.1) is 10.6 Å². The van der Waals surface area contributed by atoms with Crippen LogP contribution < -0.4 is 15.2 Å². The Morgan fingerprint density at radius 1 is 1.53 bits per heavy atom. The molecule has 2 rings (SSSR count). The Bertz CT molecular complexity index is 509. The Morgan fingerprint density at radius 3 is 2.89 bits per heavy atom. The van der Waals surface area contributed by atoms with Crippen LogP contribution in [0.5, 0.6) is 11.5 Å². The third kappa shape index (κ3) is 2.90. The predicted octanol–water partition coefficient (Wildman–Crippen LogP) is 2.11. The molecule has 0 fully saturated rings. The Hall–Kier alpha value is -1.53. The van der Waals surface area contributed by atoms with Gasteiger partial charge in [-0.2, -0.15) is 0 Å². The first kappa shape index (κ1) is 13.9. The maximum absolute atomic E-state index is 14.1. The summed E-state index contributed by atoms with van der Waals surface area (Å²) in [7, 11) is 0. The van der Waals surface area contributed by atoms with E-state index in [0.29, 0.717) is 12.4 Å². The highest BCUT2D eigenvalue weighted by atomic mass is 35.5. The summed E-state index contributed by atoms with van der Waals surface area (Å²) in [6.07, 6.45) is -0.0782. The monoisotopic (exact) mass is 289 g/mol. The third-order valence-corrected chi connectivity index (χ3v) is 3.07. The molecule has 1 aromatic carbocycles. The molecular formula is C12H13ClFNO4. The van der Waals surface area contributed by atoms with E-state index in [9.17, 15) is 9.18 Å². The van der Waals surface area contributed by atoms with Crippen LogP contribution in [0, 0.1) is 5.82 Å². The first-order valence-corrected chi connectivity index (χ1v) is 6.13. The normalized spacial score (nSPS) is 15.1. The summed E-state index contributed by atoms with van der Waals surface area (Å²) in [6, 6.07) is 0.518. The summed E-state index contributed by atoms with van der Waals surface area (Å²) in [6.45, 7) is 0.630. The Balaban J connectivity index is 2.37. The van der Waals surface area contributed by atoms with Crippen LogP contribution in [0.3, 0.4) is 0 Å². The number of halogens is 2. The van der Waals surface area contributed by atoms with E-state index < -0.39 is 17.8 Å². The average molecular weight is 290 g/mol. The second-order valence-corrected chi connectivity index (χ2v) is 4.56. The van der Waals surface area contributed by atoms with Gasteiger partial charge >= 0.3 is 5.97 Å². The molecule has 0 saturated heterocycles. The summed E-state index contributed by atoms with van der Waals surface area (Å²) in [4.78, 5) is 10.5. The van der Waals surface area contributed by atoms with E-state index >= 15 is 0 Å². The molecule has 1 unspecified atom stereocenters. The molecule has 0 spiro atoms. The number of benzene rings is 1. The largest absolute Gasteiger partial charge is 0.486 e. The fraction of sp³-hybridized carbons (Fsp3) is 0.417. The number of carboxylic acid groups (broad SMARTS) is 1. The summed E-state index contributed by atoms with van der Waals surface area (Å²) in [5.74, 6) is -1.14. The maximum atomic E-state index is 14.1. The Morgan fingerprint density at radius 2 is 2.21 bits per heavy atom. The summed E-state index contributed by atoms with van der Waals surface area (Å²) in [5, 5.41) is 8.52. The van der Waals surface area contributed by atoms with Gasteiger partial charge < -0.3 is 20.3 Å². The lowest BCUT2D eigenvalue weighted by molar-refractivity contribution is -0.137. The molecule has 1 heterocycles. The number of carbonyl (C=O) groups is 1. The van der Waals surface area contributed by atoms with Gasteiger partial charge in [-0.15, -0.1) is 0 Å². The minimum atomic E-state index is -0.996. The molecule has 5 nitrogen and oxygen atoms in total. The summed E-state index contributed by atoms with van der Waals surface area (Å²) in [5.41, 5.74) is 5.91. The standard InChI is InChI=1S/C12H13ClFNO4/c13-6-5-8-12(19-4-3-18-8)10(11(6)14)7(15)1-2-9(16)17/h5,7H,1-4,15H2,(H,16,17). The topological polar surface area (TPSA) is 81.8 Å².